The molecule has 0 saturated heterocycles. The summed E-state index contributed by atoms with van der Waals surface area (Å²) in [5.41, 5.74) is 0.719. The van der Waals surface area contributed by atoms with E-state index in [1.165, 1.54) is 0 Å². The number of hydrogen-bond acceptors (Lipinski definition) is 2. The summed E-state index contributed by atoms with van der Waals surface area (Å²) in [6.45, 7) is 6.22. The van der Waals surface area contributed by atoms with E-state index in [0.717, 1.165) is 12.1 Å². The van der Waals surface area contributed by atoms with Crippen molar-refractivity contribution >= 4 is 5.78 Å². The fourth-order valence-corrected chi connectivity index (χ4v) is 0.862. The average Bonchev–Trinajstić information content (AvgIpc) is 2.03. The standard InChI is InChI=1S/C10H17NO/c1-5-9(6-2)10(12)7-8-11(3)4/h5-6H,1,7-8H2,2-4H3/b9-6+. The molecule has 0 aromatic carbocycles. The highest BCUT2D eigenvalue weighted by Gasteiger charge is 2.04. The highest BCUT2D eigenvalue weighted by atomic mass is 16.1. The number of allylic oxidation sites excluding steroid dienone is 3. The Morgan fingerprint density at radius 3 is 2.42 bits per heavy atom. The van der Waals surface area contributed by atoms with Crippen LogP contribution in [-0.4, -0.2) is 31.3 Å². The van der Waals surface area contributed by atoms with Crippen LogP contribution in [0, 0.1) is 0 Å². The quantitative estimate of drug-likeness (QED) is 0.458. The van der Waals surface area contributed by atoms with Crippen molar-refractivity contribution in [1.29, 1.82) is 0 Å². The van der Waals surface area contributed by atoms with Gasteiger partial charge in [-0.05, 0) is 21.0 Å². The molecule has 0 saturated carbocycles. The van der Waals surface area contributed by atoms with Crippen LogP contribution in [0.4, 0.5) is 0 Å². The molecule has 0 aliphatic rings. The second kappa shape index (κ2) is 5.72. The molecule has 0 bridgehead atoms. The normalized spacial score (nSPS) is 11.8. The molecule has 0 unspecified atom stereocenters. The summed E-state index contributed by atoms with van der Waals surface area (Å²) in [6.07, 6.45) is 3.97. The first-order valence-corrected chi connectivity index (χ1v) is 4.08. The molecule has 0 amide bonds. The predicted molar refractivity (Wildman–Crippen MR) is 52.1 cm³/mol. The fraction of sp³-hybridized carbons (Fsp3) is 0.500. The molecular weight excluding hydrogens is 150 g/mol. The Kier molecular flexibility index (Phi) is 5.30. The lowest BCUT2D eigenvalue weighted by Crippen LogP contribution is -2.17. The Labute approximate surface area is 74.6 Å². The third kappa shape index (κ3) is 4.09. The van der Waals surface area contributed by atoms with Gasteiger partial charge in [0.1, 0.15) is 0 Å². The van der Waals surface area contributed by atoms with Gasteiger partial charge in [-0.3, -0.25) is 4.79 Å². The van der Waals surface area contributed by atoms with Crippen LogP contribution in [0.5, 0.6) is 0 Å². The second-order valence-corrected chi connectivity index (χ2v) is 2.92. The summed E-state index contributed by atoms with van der Waals surface area (Å²) >= 11 is 0. The first-order chi connectivity index (χ1) is 5.61. The Bertz CT molecular complexity index is 192. The van der Waals surface area contributed by atoms with E-state index in [4.69, 9.17) is 0 Å². The van der Waals surface area contributed by atoms with E-state index >= 15 is 0 Å². The highest BCUT2D eigenvalue weighted by molar-refractivity contribution is 5.97. The van der Waals surface area contributed by atoms with Crippen LogP contribution in [0.25, 0.3) is 0 Å². The maximum absolute atomic E-state index is 11.3. The van der Waals surface area contributed by atoms with E-state index in [2.05, 4.69) is 6.58 Å². The van der Waals surface area contributed by atoms with E-state index in [1.54, 1.807) is 12.2 Å². The molecule has 0 atom stereocenters. The molecular formula is C10H17NO. The zero-order chi connectivity index (χ0) is 9.56. The van der Waals surface area contributed by atoms with E-state index in [9.17, 15) is 4.79 Å². The van der Waals surface area contributed by atoms with Gasteiger partial charge in [-0.15, -0.1) is 0 Å². The highest BCUT2D eigenvalue weighted by Crippen LogP contribution is 2.01. The van der Waals surface area contributed by atoms with Crippen molar-refractivity contribution in [2.75, 3.05) is 20.6 Å². The van der Waals surface area contributed by atoms with Gasteiger partial charge in [-0.25, -0.2) is 0 Å². The summed E-state index contributed by atoms with van der Waals surface area (Å²) in [7, 11) is 3.91. The van der Waals surface area contributed by atoms with Gasteiger partial charge in [0.25, 0.3) is 0 Å². The molecule has 68 valence electrons. The van der Waals surface area contributed by atoms with Crippen LogP contribution < -0.4 is 0 Å². The van der Waals surface area contributed by atoms with E-state index in [1.807, 2.05) is 25.9 Å². The lowest BCUT2D eigenvalue weighted by molar-refractivity contribution is -0.115. The first-order valence-electron chi connectivity index (χ1n) is 4.08. The molecule has 0 rings (SSSR count). The lowest BCUT2D eigenvalue weighted by Gasteiger charge is -2.08. The van der Waals surface area contributed by atoms with Gasteiger partial charge in [0.05, 0.1) is 0 Å². The number of Topliss-reactive ketones (excluding diaryl/α,β-unsaturated/α-hetero) is 1. The second-order valence-electron chi connectivity index (χ2n) is 2.92. The lowest BCUT2D eigenvalue weighted by atomic mass is 10.1. The molecule has 0 aromatic heterocycles. The van der Waals surface area contributed by atoms with Crippen molar-refractivity contribution in [3.63, 3.8) is 0 Å². The Morgan fingerprint density at radius 2 is 2.08 bits per heavy atom. The molecule has 2 heteroatoms. The van der Waals surface area contributed by atoms with Crippen LogP contribution in [0.1, 0.15) is 13.3 Å². The summed E-state index contributed by atoms with van der Waals surface area (Å²) in [6, 6.07) is 0. The molecule has 0 radical (unpaired) electrons. The smallest absolute Gasteiger partial charge is 0.163 e. The predicted octanol–water partition coefficient (Wildman–Crippen LogP) is 1.64. The van der Waals surface area contributed by atoms with Gasteiger partial charge in [0.15, 0.2) is 5.78 Å². The zero-order valence-corrected chi connectivity index (χ0v) is 8.13. The van der Waals surface area contributed by atoms with Crippen LogP contribution in [0.2, 0.25) is 0 Å². The van der Waals surface area contributed by atoms with Gasteiger partial charge in [0, 0.05) is 18.5 Å². The van der Waals surface area contributed by atoms with Crippen molar-refractivity contribution in [3.05, 3.63) is 24.3 Å². The third-order valence-corrected chi connectivity index (χ3v) is 1.64. The third-order valence-electron chi connectivity index (χ3n) is 1.64. The SMILES string of the molecule is C=C/C(=C\C)C(=O)CCN(C)C. The van der Waals surface area contributed by atoms with Crippen molar-refractivity contribution in [2.45, 2.75) is 13.3 Å². The molecule has 0 spiro atoms. The largest absolute Gasteiger partial charge is 0.309 e. The number of carbonyl (C=O) groups excluding carboxylic acids is 1. The number of carbonyl (C=O) groups is 1. The monoisotopic (exact) mass is 167 g/mol. The first kappa shape index (κ1) is 11.1. The number of hydrogen-bond donors (Lipinski definition) is 0. The minimum absolute atomic E-state index is 0.168. The summed E-state index contributed by atoms with van der Waals surface area (Å²) in [5.74, 6) is 0.168. The molecule has 0 fully saturated rings. The molecule has 2 nitrogen and oxygen atoms in total. The van der Waals surface area contributed by atoms with E-state index in [-0.39, 0.29) is 5.78 Å². The van der Waals surface area contributed by atoms with Crippen molar-refractivity contribution in [3.8, 4) is 0 Å². The van der Waals surface area contributed by atoms with E-state index < -0.39 is 0 Å². The van der Waals surface area contributed by atoms with Crippen LogP contribution in [-0.2, 0) is 4.79 Å². The van der Waals surface area contributed by atoms with Crippen LogP contribution in [0.3, 0.4) is 0 Å². The Morgan fingerprint density at radius 1 is 1.50 bits per heavy atom. The molecule has 0 heterocycles. The van der Waals surface area contributed by atoms with Crippen molar-refractivity contribution in [2.24, 2.45) is 0 Å². The topological polar surface area (TPSA) is 20.3 Å². The molecule has 0 aromatic rings. The van der Waals surface area contributed by atoms with Crippen LogP contribution >= 0.6 is 0 Å². The fourth-order valence-electron chi connectivity index (χ4n) is 0.862. The Balaban J connectivity index is 3.95. The molecule has 0 aliphatic heterocycles. The van der Waals surface area contributed by atoms with E-state index in [0.29, 0.717) is 6.42 Å². The number of rotatable bonds is 5. The minimum Gasteiger partial charge on any atom is -0.309 e. The number of ketones is 1. The average molecular weight is 167 g/mol. The summed E-state index contributed by atoms with van der Waals surface area (Å²) < 4.78 is 0. The van der Waals surface area contributed by atoms with Crippen molar-refractivity contribution < 1.29 is 4.79 Å². The van der Waals surface area contributed by atoms with Gasteiger partial charge in [0.2, 0.25) is 0 Å². The summed E-state index contributed by atoms with van der Waals surface area (Å²) in [4.78, 5) is 13.3. The van der Waals surface area contributed by atoms with Gasteiger partial charge in [-0.2, -0.15) is 0 Å². The zero-order valence-electron chi connectivity index (χ0n) is 8.13. The number of nitrogens with zero attached hydrogens (tertiary/aromatic N) is 1. The van der Waals surface area contributed by atoms with Crippen LogP contribution in [0.15, 0.2) is 24.3 Å². The Hall–Kier alpha value is -0.890. The molecule has 0 aliphatic carbocycles. The van der Waals surface area contributed by atoms with Gasteiger partial charge >= 0.3 is 0 Å². The molecule has 12 heavy (non-hydrogen) atoms. The molecule has 0 N–H and O–H groups in total. The summed E-state index contributed by atoms with van der Waals surface area (Å²) in [5, 5.41) is 0. The maximum Gasteiger partial charge on any atom is 0.163 e. The maximum atomic E-state index is 11.3. The minimum atomic E-state index is 0.168. The van der Waals surface area contributed by atoms with Gasteiger partial charge < -0.3 is 4.90 Å². The van der Waals surface area contributed by atoms with Gasteiger partial charge in [-0.1, -0.05) is 18.7 Å². The van der Waals surface area contributed by atoms with Crippen molar-refractivity contribution in [1.82, 2.24) is 4.90 Å².